The molecule has 6 nitrogen and oxygen atoms in total. The lowest BCUT2D eigenvalue weighted by atomic mass is 10.0. The molecule has 7 heteroatoms. The number of rotatable bonds is 3. The van der Waals surface area contributed by atoms with Gasteiger partial charge in [-0.1, -0.05) is 0 Å². The summed E-state index contributed by atoms with van der Waals surface area (Å²) in [4.78, 5) is 12.2. The molecule has 2 unspecified atom stereocenters. The monoisotopic (exact) mass is 263 g/mol. The Morgan fingerprint density at radius 3 is 2.29 bits per heavy atom. The van der Waals surface area contributed by atoms with E-state index in [0.29, 0.717) is 24.9 Å². The second-order valence-corrected chi connectivity index (χ2v) is 6.68. The fourth-order valence-corrected chi connectivity index (χ4v) is 3.38. The van der Waals surface area contributed by atoms with Crippen molar-refractivity contribution >= 4 is 16.2 Å². The summed E-state index contributed by atoms with van der Waals surface area (Å²) in [5.41, 5.74) is 0. The van der Waals surface area contributed by atoms with Gasteiger partial charge in [0.25, 0.3) is 10.1 Å². The summed E-state index contributed by atoms with van der Waals surface area (Å²) >= 11 is 0. The van der Waals surface area contributed by atoms with Gasteiger partial charge in [-0.05, 0) is 30.6 Å². The second kappa shape index (κ2) is 4.45. The van der Waals surface area contributed by atoms with E-state index in [1.165, 1.54) is 4.90 Å². The lowest BCUT2D eigenvalue weighted by Gasteiger charge is -2.15. The predicted molar refractivity (Wildman–Crippen MR) is 60.1 cm³/mol. The first-order valence-corrected chi connectivity index (χ1v) is 7.49. The normalized spacial score (nSPS) is 32.8. The van der Waals surface area contributed by atoms with Crippen LogP contribution in [0.25, 0.3) is 0 Å². The third kappa shape index (κ3) is 3.10. The van der Waals surface area contributed by atoms with Crippen molar-refractivity contribution in [3.05, 3.63) is 0 Å². The fraction of sp³-hybridized carbons (Fsp3) is 0.900. The van der Waals surface area contributed by atoms with E-state index in [2.05, 4.69) is 0 Å². The molecule has 0 aromatic carbocycles. The van der Waals surface area contributed by atoms with Crippen LogP contribution >= 0.6 is 0 Å². The molecule has 1 N–H and O–H groups in total. The molecule has 0 aromatic rings. The minimum atomic E-state index is -3.36. The highest BCUT2D eigenvalue weighted by Crippen LogP contribution is 2.41. The minimum absolute atomic E-state index is 0.235. The molecule has 2 rings (SSSR count). The van der Waals surface area contributed by atoms with Gasteiger partial charge in [0.15, 0.2) is 0 Å². The summed E-state index contributed by atoms with van der Waals surface area (Å²) in [6.45, 7) is 1.39. The van der Waals surface area contributed by atoms with Crippen molar-refractivity contribution in [2.24, 2.45) is 17.8 Å². The lowest BCUT2D eigenvalue weighted by molar-refractivity contribution is 0.150. The van der Waals surface area contributed by atoms with Crippen LogP contribution in [0.1, 0.15) is 12.8 Å². The number of hydrogen-bond donors (Lipinski definition) is 1. The van der Waals surface area contributed by atoms with Gasteiger partial charge in [-0.15, -0.1) is 0 Å². The molecule has 1 heterocycles. The first-order chi connectivity index (χ1) is 7.85. The highest BCUT2D eigenvalue weighted by Gasteiger charge is 2.42. The van der Waals surface area contributed by atoms with Crippen molar-refractivity contribution in [3.63, 3.8) is 0 Å². The molecule has 2 atom stereocenters. The molecule has 1 saturated carbocycles. The van der Waals surface area contributed by atoms with Crippen molar-refractivity contribution in [1.82, 2.24) is 4.90 Å². The van der Waals surface area contributed by atoms with Crippen molar-refractivity contribution in [1.29, 1.82) is 0 Å². The Balaban J connectivity index is 1.82. The third-order valence-electron chi connectivity index (χ3n) is 3.64. The van der Waals surface area contributed by atoms with E-state index in [0.717, 1.165) is 19.1 Å². The van der Waals surface area contributed by atoms with Gasteiger partial charge in [0.05, 0.1) is 12.9 Å². The van der Waals surface area contributed by atoms with Crippen molar-refractivity contribution in [2.75, 3.05) is 26.0 Å². The van der Waals surface area contributed by atoms with Gasteiger partial charge in [-0.3, -0.25) is 4.18 Å². The van der Waals surface area contributed by atoms with E-state index in [1.807, 2.05) is 0 Å². The predicted octanol–water partition coefficient (Wildman–Crippen LogP) is 0.599. The topological polar surface area (TPSA) is 83.9 Å². The molecule has 2 aliphatic rings. The van der Waals surface area contributed by atoms with Crippen LogP contribution in [0.2, 0.25) is 0 Å². The summed E-state index contributed by atoms with van der Waals surface area (Å²) in [5.74, 6) is 0.995. The van der Waals surface area contributed by atoms with Gasteiger partial charge in [0.2, 0.25) is 0 Å². The van der Waals surface area contributed by atoms with E-state index in [9.17, 15) is 13.2 Å². The molecular formula is C10H17NO5S. The Morgan fingerprint density at radius 1 is 1.35 bits per heavy atom. The lowest BCUT2D eigenvalue weighted by Crippen LogP contribution is -2.28. The Hall–Kier alpha value is -0.820. The number of amides is 1. The van der Waals surface area contributed by atoms with Crippen molar-refractivity contribution in [3.8, 4) is 0 Å². The van der Waals surface area contributed by atoms with Crippen LogP contribution < -0.4 is 0 Å². The number of carboxylic acid groups (broad SMARTS) is 1. The number of hydrogen-bond acceptors (Lipinski definition) is 4. The quantitative estimate of drug-likeness (QED) is 0.754. The van der Waals surface area contributed by atoms with E-state index in [1.54, 1.807) is 0 Å². The summed E-state index contributed by atoms with van der Waals surface area (Å²) in [6.07, 6.45) is 1.92. The summed E-state index contributed by atoms with van der Waals surface area (Å²) in [7, 11) is -3.36. The second-order valence-electron chi connectivity index (χ2n) is 5.03. The van der Waals surface area contributed by atoms with Crippen molar-refractivity contribution in [2.45, 2.75) is 12.8 Å². The van der Waals surface area contributed by atoms with Crippen LogP contribution in [0.4, 0.5) is 4.79 Å². The first kappa shape index (κ1) is 12.6. The average Bonchev–Trinajstić information content (AvgIpc) is 2.69. The number of nitrogens with zero attached hydrogens (tertiary/aromatic N) is 1. The summed E-state index contributed by atoms with van der Waals surface area (Å²) in [6, 6.07) is 0. The molecule has 1 saturated heterocycles. The maximum Gasteiger partial charge on any atom is 0.407 e. The zero-order chi connectivity index (χ0) is 12.6. The standard InChI is InChI=1S/C10H17NO5S/c1-17(14,15)16-6-7-2-8-4-11(10(12)13)5-9(8)3-7/h7-9H,2-6H2,1H3,(H,12,13). The largest absolute Gasteiger partial charge is 0.465 e. The molecule has 1 aliphatic heterocycles. The minimum Gasteiger partial charge on any atom is -0.465 e. The molecule has 0 radical (unpaired) electrons. The number of fused-ring (bicyclic) bond motifs is 1. The van der Waals surface area contributed by atoms with Crippen LogP contribution in [-0.2, 0) is 14.3 Å². The van der Waals surface area contributed by atoms with Gasteiger partial charge >= 0.3 is 6.09 Å². The highest BCUT2D eigenvalue weighted by molar-refractivity contribution is 7.85. The maximum atomic E-state index is 10.9. The van der Waals surface area contributed by atoms with Gasteiger partial charge in [0, 0.05) is 13.1 Å². The van der Waals surface area contributed by atoms with Gasteiger partial charge in [0.1, 0.15) is 0 Å². The zero-order valence-corrected chi connectivity index (χ0v) is 10.5. The molecule has 1 amide bonds. The van der Waals surface area contributed by atoms with Crippen LogP contribution in [-0.4, -0.2) is 50.5 Å². The summed E-state index contributed by atoms with van der Waals surface area (Å²) in [5, 5.41) is 8.87. The zero-order valence-electron chi connectivity index (χ0n) is 9.70. The Morgan fingerprint density at radius 2 is 1.88 bits per heavy atom. The van der Waals surface area contributed by atoms with Gasteiger partial charge in [-0.2, -0.15) is 8.42 Å². The van der Waals surface area contributed by atoms with Crippen LogP contribution in [0.3, 0.4) is 0 Å². The molecule has 0 spiro atoms. The molecule has 0 bridgehead atoms. The SMILES string of the molecule is CS(=O)(=O)OCC1CC2CN(C(=O)O)CC2C1. The maximum absolute atomic E-state index is 10.9. The Kier molecular flexibility index (Phi) is 3.31. The Bertz CT molecular complexity index is 393. The Labute approximate surface area is 101 Å². The smallest absolute Gasteiger partial charge is 0.407 e. The van der Waals surface area contributed by atoms with Gasteiger partial charge < -0.3 is 10.0 Å². The van der Waals surface area contributed by atoms with Crippen LogP contribution in [0.5, 0.6) is 0 Å². The average molecular weight is 263 g/mol. The fourth-order valence-electron chi connectivity index (χ4n) is 2.94. The summed E-state index contributed by atoms with van der Waals surface area (Å²) < 4.78 is 26.5. The van der Waals surface area contributed by atoms with E-state index in [-0.39, 0.29) is 12.5 Å². The highest BCUT2D eigenvalue weighted by atomic mass is 32.2. The third-order valence-corrected chi connectivity index (χ3v) is 4.20. The van der Waals surface area contributed by atoms with Gasteiger partial charge in [-0.25, -0.2) is 4.79 Å². The molecule has 17 heavy (non-hydrogen) atoms. The van der Waals surface area contributed by atoms with E-state index < -0.39 is 16.2 Å². The number of likely N-dealkylation sites (tertiary alicyclic amines) is 1. The van der Waals surface area contributed by atoms with Crippen LogP contribution in [0.15, 0.2) is 0 Å². The molecule has 0 aromatic heterocycles. The molecule has 1 aliphatic carbocycles. The van der Waals surface area contributed by atoms with Crippen molar-refractivity contribution < 1.29 is 22.5 Å². The first-order valence-electron chi connectivity index (χ1n) is 5.67. The van der Waals surface area contributed by atoms with Crippen LogP contribution in [0, 0.1) is 17.8 Å². The molecular weight excluding hydrogens is 246 g/mol. The van der Waals surface area contributed by atoms with E-state index >= 15 is 0 Å². The molecule has 2 fully saturated rings. The number of carbonyl (C=O) groups is 1. The molecule has 98 valence electrons. The van der Waals surface area contributed by atoms with E-state index in [4.69, 9.17) is 9.29 Å².